The predicted octanol–water partition coefficient (Wildman–Crippen LogP) is 14.5. The Hall–Kier alpha value is -7.89. The van der Waals surface area contributed by atoms with E-state index >= 15 is 0 Å². The van der Waals surface area contributed by atoms with Gasteiger partial charge in [0.2, 0.25) is 0 Å². The van der Waals surface area contributed by atoms with Crippen LogP contribution in [0.3, 0.4) is 0 Å². The molecule has 4 heterocycles. The SMILES string of the molecule is C=C(N=C/C=C\C)c1ccc2c(-c3cccc(-c4ccc(-c5c6c(nc7ccc8ccccc8c57)-c5ccccc5C6(C)C)cc4)c3)cc3ccc(-c4ccccn4)nc3c2n1. The van der Waals surface area contributed by atoms with Crippen molar-refractivity contribution in [3.8, 4) is 56.0 Å². The zero-order valence-electron chi connectivity index (χ0n) is 34.8. The highest BCUT2D eigenvalue weighted by molar-refractivity contribution is 6.16. The number of rotatable bonds is 7. The predicted molar refractivity (Wildman–Crippen MR) is 259 cm³/mol. The second-order valence-electron chi connectivity index (χ2n) is 16.5. The third kappa shape index (κ3) is 6.04. The van der Waals surface area contributed by atoms with E-state index in [-0.39, 0.29) is 5.41 Å². The number of allylic oxidation sites excluding steroid dienone is 2. The topological polar surface area (TPSA) is 63.9 Å². The lowest BCUT2D eigenvalue weighted by molar-refractivity contribution is 0.662. The van der Waals surface area contributed by atoms with Crippen molar-refractivity contribution >= 4 is 55.4 Å². The van der Waals surface area contributed by atoms with E-state index in [9.17, 15) is 0 Å². The Morgan fingerprint density at radius 3 is 2.24 bits per heavy atom. The van der Waals surface area contributed by atoms with Crippen LogP contribution in [-0.4, -0.2) is 26.2 Å². The maximum absolute atomic E-state index is 5.40. The van der Waals surface area contributed by atoms with Crippen LogP contribution in [0.4, 0.5) is 0 Å². The van der Waals surface area contributed by atoms with Crippen molar-refractivity contribution in [3.63, 3.8) is 0 Å². The molecule has 0 N–H and O–H groups in total. The molecule has 0 spiro atoms. The maximum Gasteiger partial charge on any atom is 0.0979 e. The molecule has 6 aromatic carbocycles. The summed E-state index contributed by atoms with van der Waals surface area (Å²) in [4.78, 5) is 24.9. The zero-order valence-corrected chi connectivity index (χ0v) is 34.8. The van der Waals surface area contributed by atoms with Crippen LogP contribution in [0.5, 0.6) is 0 Å². The van der Waals surface area contributed by atoms with Crippen LogP contribution < -0.4 is 0 Å². The molecule has 0 aliphatic heterocycles. The fourth-order valence-corrected chi connectivity index (χ4v) is 9.40. The minimum atomic E-state index is -0.229. The molecule has 0 saturated heterocycles. The summed E-state index contributed by atoms with van der Waals surface area (Å²) in [5.74, 6) is 0. The van der Waals surface area contributed by atoms with Gasteiger partial charge in [-0.25, -0.2) is 15.0 Å². The molecule has 1 aliphatic carbocycles. The van der Waals surface area contributed by atoms with Gasteiger partial charge < -0.3 is 0 Å². The number of benzene rings is 6. The molecule has 0 atom stereocenters. The average molecular weight is 796 g/mol. The highest BCUT2D eigenvalue weighted by atomic mass is 14.8. The Balaban J connectivity index is 1.05. The quantitative estimate of drug-likeness (QED) is 0.119. The van der Waals surface area contributed by atoms with Crippen LogP contribution in [0.15, 0.2) is 188 Å². The molecule has 0 radical (unpaired) electrons. The molecule has 1 aliphatic rings. The largest absolute Gasteiger partial charge is 0.255 e. The second-order valence-corrected chi connectivity index (χ2v) is 16.5. The number of hydrogen-bond acceptors (Lipinski definition) is 5. The fraction of sp³-hybridized carbons (Fsp3) is 0.0702. The highest BCUT2D eigenvalue weighted by Gasteiger charge is 2.39. The molecule has 0 bridgehead atoms. The molecule has 62 heavy (non-hydrogen) atoms. The lowest BCUT2D eigenvalue weighted by Gasteiger charge is -2.25. The highest BCUT2D eigenvalue weighted by Crippen LogP contribution is 2.54. The van der Waals surface area contributed by atoms with Gasteiger partial charge in [0.05, 0.1) is 45.0 Å². The lowest BCUT2D eigenvalue weighted by Crippen LogP contribution is -2.16. The molecule has 0 saturated carbocycles. The molecule has 5 heteroatoms. The van der Waals surface area contributed by atoms with Crippen molar-refractivity contribution in [2.45, 2.75) is 26.2 Å². The third-order valence-electron chi connectivity index (χ3n) is 12.4. The molecule has 5 nitrogen and oxygen atoms in total. The van der Waals surface area contributed by atoms with Crippen LogP contribution in [0.1, 0.15) is 37.6 Å². The van der Waals surface area contributed by atoms with Crippen LogP contribution in [0.25, 0.3) is 105 Å². The Morgan fingerprint density at radius 2 is 1.39 bits per heavy atom. The van der Waals surface area contributed by atoms with Gasteiger partial charge >= 0.3 is 0 Å². The fourth-order valence-electron chi connectivity index (χ4n) is 9.40. The Labute approximate surface area is 360 Å². The number of aliphatic imine (C=N–C) groups is 1. The normalized spacial score (nSPS) is 13.1. The summed E-state index contributed by atoms with van der Waals surface area (Å²) in [5, 5.41) is 5.62. The van der Waals surface area contributed by atoms with Crippen molar-refractivity contribution in [1.29, 1.82) is 0 Å². The van der Waals surface area contributed by atoms with Gasteiger partial charge in [-0.2, -0.15) is 0 Å². The van der Waals surface area contributed by atoms with E-state index < -0.39 is 0 Å². The van der Waals surface area contributed by atoms with E-state index in [1.54, 1.807) is 12.4 Å². The first-order valence-electron chi connectivity index (χ1n) is 21.0. The lowest BCUT2D eigenvalue weighted by atomic mass is 9.78. The zero-order chi connectivity index (χ0) is 42.0. The van der Waals surface area contributed by atoms with Gasteiger partial charge in [-0.1, -0.05) is 136 Å². The molecular formula is C57H41N5. The van der Waals surface area contributed by atoms with Crippen LogP contribution in [0.2, 0.25) is 0 Å². The monoisotopic (exact) mass is 795 g/mol. The van der Waals surface area contributed by atoms with E-state index in [0.717, 1.165) is 66.7 Å². The summed E-state index contributed by atoms with van der Waals surface area (Å²) in [6, 6.07) is 56.1. The first kappa shape index (κ1) is 37.1. The van der Waals surface area contributed by atoms with Crippen molar-refractivity contribution in [3.05, 3.63) is 199 Å². The van der Waals surface area contributed by atoms with Crippen molar-refractivity contribution in [2.24, 2.45) is 4.99 Å². The molecule has 0 amide bonds. The van der Waals surface area contributed by atoms with Crippen LogP contribution >= 0.6 is 0 Å². The van der Waals surface area contributed by atoms with Gasteiger partial charge in [0.1, 0.15) is 0 Å². The van der Waals surface area contributed by atoms with E-state index in [2.05, 4.69) is 158 Å². The second kappa shape index (κ2) is 14.7. The number of fused-ring (bicyclic) bond motifs is 9. The average Bonchev–Trinajstić information content (AvgIpc) is 3.55. The van der Waals surface area contributed by atoms with E-state index in [0.29, 0.717) is 11.4 Å². The number of pyridine rings is 4. The summed E-state index contributed by atoms with van der Waals surface area (Å²) in [5.41, 5.74) is 17.0. The van der Waals surface area contributed by atoms with Gasteiger partial charge in [0.15, 0.2) is 0 Å². The molecule has 11 rings (SSSR count). The summed E-state index contributed by atoms with van der Waals surface area (Å²) in [6.45, 7) is 10.9. The van der Waals surface area contributed by atoms with Gasteiger partial charge in [0.25, 0.3) is 0 Å². The Kier molecular flexibility index (Phi) is 8.79. The minimum absolute atomic E-state index is 0.229. The summed E-state index contributed by atoms with van der Waals surface area (Å²) < 4.78 is 0. The molecular weight excluding hydrogens is 755 g/mol. The summed E-state index contributed by atoms with van der Waals surface area (Å²) in [7, 11) is 0. The smallest absolute Gasteiger partial charge is 0.0979 e. The van der Waals surface area contributed by atoms with E-state index in [1.807, 2.05) is 49.4 Å². The molecule has 0 unspecified atom stereocenters. The minimum Gasteiger partial charge on any atom is -0.255 e. The van der Waals surface area contributed by atoms with Gasteiger partial charge in [-0.3, -0.25) is 9.98 Å². The molecule has 0 fully saturated rings. The summed E-state index contributed by atoms with van der Waals surface area (Å²) >= 11 is 0. The number of aromatic nitrogens is 4. The maximum atomic E-state index is 5.40. The Morgan fingerprint density at radius 1 is 0.597 bits per heavy atom. The van der Waals surface area contributed by atoms with Gasteiger partial charge in [0, 0.05) is 39.5 Å². The summed E-state index contributed by atoms with van der Waals surface area (Å²) in [6.07, 6.45) is 7.35. The van der Waals surface area contributed by atoms with Gasteiger partial charge in [-0.05, 0) is 117 Å². The molecule has 294 valence electrons. The van der Waals surface area contributed by atoms with Crippen LogP contribution in [-0.2, 0) is 5.41 Å². The molecule has 10 aromatic rings. The van der Waals surface area contributed by atoms with Gasteiger partial charge in [-0.15, -0.1) is 0 Å². The van der Waals surface area contributed by atoms with Crippen LogP contribution in [0, 0.1) is 0 Å². The van der Waals surface area contributed by atoms with Crippen molar-refractivity contribution in [1.82, 2.24) is 19.9 Å². The third-order valence-corrected chi connectivity index (χ3v) is 12.4. The van der Waals surface area contributed by atoms with Crippen molar-refractivity contribution < 1.29 is 0 Å². The standard InChI is InChI=1S/C57H41N5/c1-5-6-31-58-35(2)47-30-27-43-45(34-41-26-28-49(48-20-11-12-32-59-48)61-54(41)56(43)60-47)40-16-13-15-39(33-40)36-21-23-38(24-22-36)51-52-42-17-8-7-14-37(42)25-29-50(52)62-55-44-18-9-10-19-46(44)57(3,4)53(51)55/h5-34H,2H2,1,3-4H3/b6-5-,58-31?. The molecule has 4 aromatic heterocycles. The first-order valence-corrected chi connectivity index (χ1v) is 21.0. The number of nitrogens with zero attached hydrogens (tertiary/aromatic N) is 5. The van der Waals surface area contributed by atoms with Crippen molar-refractivity contribution in [2.75, 3.05) is 0 Å². The Bertz CT molecular complexity index is 3510. The van der Waals surface area contributed by atoms with E-state index in [1.165, 1.54) is 44.0 Å². The first-order chi connectivity index (χ1) is 30.4. The number of hydrogen-bond donors (Lipinski definition) is 0. The van der Waals surface area contributed by atoms with E-state index in [4.69, 9.17) is 15.0 Å².